The summed E-state index contributed by atoms with van der Waals surface area (Å²) in [6, 6.07) is 12.0. The van der Waals surface area contributed by atoms with Crippen LogP contribution in [0.3, 0.4) is 0 Å². The zero-order valence-corrected chi connectivity index (χ0v) is 22.6. The predicted molar refractivity (Wildman–Crippen MR) is 144 cm³/mol. The monoisotopic (exact) mass is 554 g/mol. The topological polar surface area (TPSA) is 165 Å². The summed E-state index contributed by atoms with van der Waals surface area (Å²) in [7, 11) is 1.41. The van der Waals surface area contributed by atoms with E-state index in [-0.39, 0.29) is 23.0 Å². The number of ketones is 1. The van der Waals surface area contributed by atoms with Gasteiger partial charge in [0.05, 0.1) is 36.6 Å². The number of nitrogens with one attached hydrogen (secondary N) is 2. The highest BCUT2D eigenvalue weighted by Gasteiger charge is 2.31. The second-order valence-electron chi connectivity index (χ2n) is 8.94. The number of tetrazole rings is 1. The van der Waals surface area contributed by atoms with Crippen LogP contribution in [0.25, 0.3) is 5.69 Å². The lowest BCUT2D eigenvalue weighted by molar-refractivity contribution is -0.140. The number of carboxylic acids is 1. The van der Waals surface area contributed by atoms with Gasteiger partial charge in [-0.3, -0.25) is 19.2 Å². The van der Waals surface area contributed by atoms with Crippen LogP contribution in [0, 0.1) is 5.92 Å². The summed E-state index contributed by atoms with van der Waals surface area (Å²) in [5.41, 5.74) is 1.66. The number of carbonyl (C=O) groups is 4. The van der Waals surface area contributed by atoms with E-state index in [2.05, 4.69) is 26.2 Å². The van der Waals surface area contributed by atoms with Crippen LogP contribution in [0.2, 0.25) is 0 Å². The fourth-order valence-electron chi connectivity index (χ4n) is 3.68. The number of thioether (sulfide) groups is 1. The molecule has 12 nitrogen and oxygen atoms in total. The van der Waals surface area contributed by atoms with E-state index < -0.39 is 42.1 Å². The first-order valence-corrected chi connectivity index (χ1v) is 13.2. The van der Waals surface area contributed by atoms with E-state index in [1.54, 1.807) is 26.0 Å². The Hall–Kier alpha value is -4.26. The van der Waals surface area contributed by atoms with Crippen molar-refractivity contribution in [3.05, 3.63) is 66.0 Å². The summed E-state index contributed by atoms with van der Waals surface area (Å²) in [5, 5.41) is 25.5. The standard InChI is InChI=1S/C26H30N6O6S/c1-16(2)24(29-25(36)19-11-18(9-10-22(19)38-3)32-15-27-30-31-32)26(37)28-20(12-23(34)35)21(33)14-39-13-17-7-5-4-6-8-17/h4-11,15-16,20,24H,12-14H2,1-3H3,(H,28,37)(H,29,36)(H,34,35)/t20-,24-/m0/s1. The number of carbonyl (C=O) groups excluding carboxylic acids is 3. The van der Waals surface area contributed by atoms with E-state index >= 15 is 0 Å². The van der Waals surface area contributed by atoms with E-state index in [1.165, 1.54) is 35.9 Å². The van der Waals surface area contributed by atoms with Gasteiger partial charge in [-0.2, -0.15) is 0 Å². The molecule has 0 aliphatic carbocycles. The summed E-state index contributed by atoms with van der Waals surface area (Å²) in [5.74, 6) is -2.44. The first-order chi connectivity index (χ1) is 18.7. The van der Waals surface area contributed by atoms with Crippen LogP contribution in [0.4, 0.5) is 0 Å². The molecule has 0 radical (unpaired) electrons. The minimum atomic E-state index is -1.24. The van der Waals surface area contributed by atoms with Crippen molar-refractivity contribution in [1.29, 1.82) is 0 Å². The first-order valence-electron chi connectivity index (χ1n) is 12.1. The number of methoxy groups -OCH3 is 1. The third kappa shape index (κ3) is 8.37. The van der Waals surface area contributed by atoms with Gasteiger partial charge in [-0.15, -0.1) is 16.9 Å². The van der Waals surface area contributed by atoms with E-state index in [1.807, 2.05) is 30.3 Å². The molecular formula is C26H30N6O6S. The van der Waals surface area contributed by atoms with Gasteiger partial charge in [-0.05, 0) is 40.1 Å². The predicted octanol–water partition coefficient (Wildman–Crippen LogP) is 1.89. The second kappa shape index (κ2) is 14.0. The lowest BCUT2D eigenvalue weighted by Crippen LogP contribution is -2.54. The largest absolute Gasteiger partial charge is 0.496 e. The second-order valence-corrected chi connectivity index (χ2v) is 9.92. The molecule has 0 fully saturated rings. The number of amides is 2. The Kier molecular flexibility index (Phi) is 10.6. The summed E-state index contributed by atoms with van der Waals surface area (Å²) in [6.45, 7) is 3.45. The number of hydrogen-bond donors (Lipinski definition) is 3. The molecule has 0 spiro atoms. The maximum absolute atomic E-state index is 13.2. The molecule has 1 heterocycles. The molecule has 3 rings (SSSR count). The lowest BCUT2D eigenvalue weighted by atomic mass is 10.0. The van der Waals surface area contributed by atoms with Gasteiger partial charge in [-0.1, -0.05) is 44.2 Å². The van der Waals surface area contributed by atoms with Crippen molar-refractivity contribution < 1.29 is 29.0 Å². The zero-order valence-electron chi connectivity index (χ0n) is 21.7. The maximum atomic E-state index is 13.2. The smallest absolute Gasteiger partial charge is 0.305 e. The molecule has 0 unspecified atom stereocenters. The van der Waals surface area contributed by atoms with Gasteiger partial charge in [0.25, 0.3) is 5.91 Å². The molecule has 2 amide bonds. The van der Waals surface area contributed by atoms with Crippen molar-refractivity contribution in [2.75, 3.05) is 12.9 Å². The van der Waals surface area contributed by atoms with Crippen molar-refractivity contribution >= 4 is 35.3 Å². The summed E-state index contributed by atoms with van der Waals surface area (Å²) >= 11 is 1.33. The summed E-state index contributed by atoms with van der Waals surface area (Å²) in [6.07, 6.45) is 0.794. The fraction of sp³-hybridized carbons (Fsp3) is 0.346. The Morgan fingerprint density at radius 2 is 1.82 bits per heavy atom. The number of rotatable bonds is 14. The molecule has 13 heteroatoms. The number of benzene rings is 2. The van der Waals surface area contributed by atoms with Crippen molar-refractivity contribution in [3.8, 4) is 11.4 Å². The highest BCUT2D eigenvalue weighted by atomic mass is 32.2. The number of hydrogen-bond acceptors (Lipinski definition) is 9. The molecule has 0 aliphatic heterocycles. The molecule has 39 heavy (non-hydrogen) atoms. The van der Waals surface area contributed by atoms with Gasteiger partial charge < -0.3 is 20.5 Å². The molecule has 2 atom stereocenters. The van der Waals surface area contributed by atoms with Gasteiger partial charge in [0.1, 0.15) is 18.1 Å². The molecular weight excluding hydrogens is 524 g/mol. The van der Waals surface area contributed by atoms with Crippen LogP contribution in [0.15, 0.2) is 54.9 Å². The number of carboxylic acid groups (broad SMARTS) is 1. The first kappa shape index (κ1) is 29.3. The quantitative estimate of drug-likeness (QED) is 0.268. The molecule has 0 bridgehead atoms. The van der Waals surface area contributed by atoms with Crippen molar-refractivity contribution in [2.45, 2.75) is 38.1 Å². The normalized spacial score (nSPS) is 12.4. The maximum Gasteiger partial charge on any atom is 0.305 e. The van der Waals surface area contributed by atoms with Crippen LogP contribution < -0.4 is 15.4 Å². The Balaban J connectivity index is 1.71. The van der Waals surface area contributed by atoms with E-state index in [0.29, 0.717) is 11.4 Å². The number of ether oxygens (including phenoxy) is 1. The number of nitrogens with zero attached hydrogens (tertiary/aromatic N) is 4. The Morgan fingerprint density at radius 3 is 2.44 bits per heavy atom. The minimum Gasteiger partial charge on any atom is -0.496 e. The molecule has 206 valence electrons. The summed E-state index contributed by atoms with van der Waals surface area (Å²) in [4.78, 5) is 50.8. The van der Waals surface area contributed by atoms with Gasteiger partial charge in [0.2, 0.25) is 5.91 Å². The molecule has 2 aromatic carbocycles. The van der Waals surface area contributed by atoms with Gasteiger partial charge in [-0.25, -0.2) is 4.68 Å². The third-order valence-electron chi connectivity index (χ3n) is 5.72. The molecule has 0 saturated carbocycles. The Morgan fingerprint density at radius 1 is 1.08 bits per heavy atom. The van der Waals surface area contributed by atoms with E-state index in [4.69, 9.17) is 4.74 Å². The van der Waals surface area contributed by atoms with Gasteiger partial charge >= 0.3 is 5.97 Å². The van der Waals surface area contributed by atoms with E-state index in [9.17, 15) is 24.3 Å². The molecule has 1 aromatic heterocycles. The number of Topliss-reactive ketones (excluding diaryl/α,β-unsaturated/α-hetero) is 1. The van der Waals surface area contributed by atoms with Crippen molar-refractivity contribution in [2.24, 2.45) is 5.92 Å². The molecule has 3 aromatic rings. The van der Waals surface area contributed by atoms with Crippen molar-refractivity contribution in [3.63, 3.8) is 0 Å². The van der Waals surface area contributed by atoms with Gasteiger partial charge in [0.15, 0.2) is 5.78 Å². The number of aromatic nitrogens is 4. The Bertz CT molecular complexity index is 1290. The van der Waals surface area contributed by atoms with E-state index in [0.717, 1.165) is 5.56 Å². The molecule has 3 N–H and O–H groups in total. The average molecular weight is 555 g/mol. The minimum absolute atomic E-state index is 0.0208. The third-order valence-corrected chi connectivity index (χ3v) is 6.74. The SMILES string of the molecule is COc1ccc(-n2cnnn2)cc1C(=O)N[C@H](C(=O)N[C@@H](CC(=O)O)C(=O)CSCc1ccccc1)C(C)C. The van der Waals surface area contributed by atoms with Crippen LogP contribution in [-0.2, 0) is 20.1 Å². The fourth-order valence-corrected chi connectivity index (χ4v) is 4.61. The Labute approximate surface area is 229 Å². The summed E-state index contributed by atoms with van der Waals surface area (Å²) < 4.78 is 6.68. The highest BCUT2D eigenvalue weighted by Crippen LogP contribution is 2.22. The average Bonchev–Trinajstić information content (AvgIpc) is 3.46. The van der Waals surface area contributed by atoms with Crippen LogP contribution in [0.1, 0.15) is 36.2 Å². The van der Waals surface area contributed by atoms with Crippen LogP contribution in [0.5, 0.6) is 5.75 Å². The zero-order chi connectivity index (χ0) is 28.4. The van der Waals surface area contributed by atoms with Crippen LogP contribution in [-0.4, -0.2) is 73.8 Å². The molecule has 0 aliphatic rings. The highest BCUT2D eigenvalue weighted by molar-refractivity contribution is 7.99. The number of aliphatic carboxylic acids is 1. The van der Waals surface area contributed by atoms with Crippen molar-refractivity contribution in [1.82, 2.24) is 30.8 Å². The lowest BCUT2D eigenvalue weighted by Gasteiger charge is -2.25. The van der Waals surface area contributed by atoms with Gasteiger partial charge in [0, 0.05) is 5.75 Å². The molecule has 0 saturated heterocycles. The van der Waals surface area contributed by atoms with Crippen LogP contribution >= 0.6 is 11.8 Å².